The Kier molecular flexibility index (Phi) is 3.68. The second-order valence-corrected chi connectivity index (χ2v) is 8.21. The van der Waals surface area contributed by atoms with Crippen LogP contribution in [0.3, 0.4) is 0 Å². The lowest BCUT2D eigenvalue weighted by Gasteiger charge is -2.19. The first kappa shape index (κ1) is 15.0. The number of hydrogen-bond donors (Lipinski definition) is 1. The number of nitrogens with one attached hydrogen (secondary N) is 1. The van der Waals surface area contributed by atoms with Crippen molar-refractivity contribution in [3.63, 3.8) is 0 Å². The molecule has 2 amide bonds. The van der Waals surface area contributed by atoms with E-state index in [4.69, 9.17) is 0 Å². The summed E-state index contributed by atoms with van der Waals surface area (Å²) >= 11 is 1.14. The van der Waals surface area contributed by atoms with Crippen LogP contribution in [-0.2, 0) is 19.4 Å². The number of sulfone groups is 1. The van der Waals surface area contributed by atoms with E-state index in [-0.39, 0.29) is 11.5 Å². The molecule has 1 saturated heterocycles. The first-order valence-corrected chi connectivity index (χ1v) is 9.23. The molecule has 2 atom stereocenters. The van der Waals surface area contributed by atoms with Crippen molar-refractivity contribution in [1.82, 2.24) is 15.2 Å². The van der Waals surface area contributed by atoms with Gasteiger partial charge in [-0.1, -0.05) is 11.3 Å². The van der Waals surface area contributed by atoms with Crippen LogP contribution >= 0.6 is 11.3 Å². The molecule has 2 aliphatic rings. The van der Waals surface area contributed by atoms with Crippen molar-refractivity contribution in [1.29, 1.82) is 0 Å². The molecule has 2 aliphatic heterocycles. The third-order valence-corrected chi connectivity index (χ3v) is 5.92. The topological polar surface area (TPSA) is 122 Å². The van der Waals surface area contributed by atoms with E-state index in [2.05, 4.69) is 20.6 Å². The summed E-state index contributed by atoms with van der Waals surface area (Å²) < 4.78 is 23.1. The molecule has 9 nitrogen and oxygen atoms in total. The van der Waals surface area contributed by atoms with Crippen molar-refractivity contribution in [3.8, 4) is 0 Å². The Morgan fingerprint density at radius 3 is 2.86 bits per heavy atom. The van der Waals surface area contributed by atoms with Gasteiger partial charge in [0.2, 0.25) is 11.0 Å². The zero-order valence-corrected chi connectivity index (χ0v) is 13.2. The lowest BCUT2D eigenvalue weighted by Crippen LogP contribution is -2.40. The van der Waals surface area contributed by atoms with E-state index in [1.54, 1.807) is 6.92 Å². The van der Waals surface area contributed by atoms with Crippen LogP contribution < -0.4 is 5.32 Å². The minimum absolute atomic E-state index is 0.0393. The fourth-order valence-electron chi connectivity index (χ4n) is 2.52. The van der Waals surface area contributed by atoms with Crippen LogP contribution in [0.5, 0.6) is 0 Å². The second kappa shape index (κ2) is 5.39. The highest BCUT2D eigenvalue weighted by Gasteiger charge is 2.44. The molecular weight excluding hydrogens is 330 g/mol. The summed E-state index contributed by atoms with van der Waals surface area (Å²) in [5.74, 6) is -2.15. The molecule has 3 heterocycles. The molecule has 1 fully saturated rings. The summed E-state index contributed by atoms with van der Waals surface area (Å²) in [6, 6.07) is -0.494. The first-order chi connectivity index (χ1) is 10.4. The average Bonchev–Trinajstić information content (AvgIpc) is 3.10. The quantitative estimate of drug-likeness (QED) is 0.738. The van der Waals surface area contributed by atoms with Crippen molar-refractivity contribution in [2.75, 3.05) is 16.8 Å². The van der Waals surface area contributed by atoms with Crippen molar-refractivity contribution in [2.24, 2.45) is 11.0 Å². The molecule has 22 heavy (non-hydrogen) atoms. The molecule has 0 unspecified atom stereocenters. The summed E-state index contributed by atoms with van der Waals surface area (Å²) in [4.78, 5) is 24.6. The van der Waals surface area contributed by atoms with Crippen LogP contribution in [-0.4, -0.2) is 58.7 Å². The van der Waals surface area contributed by atoms with Gasteiger partial charge in [-0.2, -0.15) is 5.10 Å². The Hall–Kier alpha value is -1.88. The Balaban J connectivity index is 1.74. The molecule has 1 aromatic rings. The molecule has 3 rings (SSSR count). The highest BCUT2D eigenvalue weighted by molar-refractivity contribution is 7.91. The molecule has 11 heteroatoms. The molecule has 0 aliphatic carbocycles. The number of amides is 2. The van der Waals surface area contributed by atoms with Gasteiger partial charge in [0.1, 0.15) is 5.51 Å². The lowest BCUT2D eigenvalue weighted by molar-refractivity contribution is -0.137. The van der Waals surface area contributed by atoms with Gasteiger partial charge < -0.3 is 0 Å². The molecule has 118 valence electrons. The predicted molar refractivity (Wildman–Crippen MR) is 79.0 cm³/mol. The largest absolute Gasteiger partial charge is 0.299 e. The van der Waals surface area contributed by atoms with Gasteiger partial charge in [0.25, 0.3) is 5.91 Å². The summed E-state index contributed by atoms with van der Waals surface area (Å²) in [5, 5.41) is 15.3. The predicted octanol–water partition coefficient (Wildman–Crippen LogP) is -0.502. The van der Waals surface area contributed by atoms with Crippen molar-refractivity contribution in [2.45, 2.75) is 19.4 Å². The monoisotopic (exact) mass is 343 g/mol. The Morgan fingerprint density at radius 1 is 1.50 bits per heavy atom. The number of hydrazone groups is 1. The van der Waals surface area contributed by atoms with E-state index >= 15 is 0 Å². The Morgan fingerprint density at radius 2 is 2.27 bits per heavy atom. The van der Waals surface area contributed by atoms with Gasteiger partial charge in [-0.25, -0.2) is 13.4 Å². The molecule has 0 aromatic carbocycles. The minimum Gasteiger partial charge on any atom is -0.299 e. The van der Waals surface area contributed by atoms with E-state index in [1.807, 2.05) is 0 Å². The van der Waals surface area contributed by atoms with E-state index < -0.39 is 33.6 Å². The van der Waals surface area contributed by atoms with Gasteiger partial charge in [-0.15, -0.1) is 10.2 Å². The maximum Gasteiger partial charge on any atom is 0.261 e. The molecule has 1 aromatic heterocycles. The third kappa shape index (κ3) is 2.73. The van der Waals surface area contributed by atoms with E-state index in [1.165, 1.54) is 5.51 Å². The summed E-state index contributed by atoms with van der Waals surface area (Å²) in [5.41, 5.74) is 1.80. The van der Waals surface area contributed by atoms with E-state index in [9.17, 15) is 18.0 Å². The number of aromatic nitrogens is 2. The van der Waals surface area contributed by atoms with Crippen molar-refractivity contribution < 1.29 is 18.0 Å². The fraction of sp³-hybridized carbons (Fsp3) is 0.545. The smallest absolute Gasteiger partial charge is 0.261 e. The number of anilines is 1. The third-order valence-electron chi connectivity index (χ3n) is 3.56. The van der Waals surface area contributed by atoms with Gasteiger partial charge >= 0.3 is 0 Å². The number of carbonyl (C=O) groups is 2. The molecule has 0 saturated carbocycles. The van der Waals surface area contributed by atoms with Crippen LogP contribution in [0.15, 0.2) is 10.6 Å². The van der Waals surface area contributed by atoms with Crippen LogP contribution in [0.25, 0.3) is 0 Å². The number of nitrogens with zero attached hydrogens (tertiary/aromatic N) is 4. The normalized spacial score (nSPS) is 27.0. The van der Waals surface area contributed by atoms with Crippen LogP contribution in [0.4, 0.5) is 5.13 Å². The van der Waals surface area contributed by atoms with Crippen molar-refractivity contribution >= 4 is 43.8 Å². The highest BCUT2D eigenvalue weighted by atomic mass is 32.2. The van der Waals surface area contributed by atoms with Gasteiger partial charge in [0.05, 0.1) is 23.3 Å². The zero-order valence-electron chi connectivity index (χ0n) is 11.6. The van der Waals surface area contributed by atoms with Crippen molar-refractivity contribution in [3.05, 3.63) is 5.51 Å². The lowest BCUT2D eigenvalue weighted by atomic mass is 10.0. The Bertz CT molecular complexity index is 743. The zero-order chi connectivity index (χ0) is 15.9. The van der Waals surface area contributed by atoms with E-state index in [0.29, 0.717) is 17.3 Å². The Labute approximate surface area is 130 Å². The van der Waals surface area contributed by atoms with Crippen LogP contribution in [0, 0.1) is 5.92 Å². The average molecular weight is 343 g/mol. The maximum atomic E-state index is 12.4. The summed E-state index contributed by atoms with van der Waals surface area (Å²) in [7, 11) is -3.13. The molecule has 0 radical (unpaired) electrons. The number of carbonyl (C=O) groups excluding carboxylic acids is 2. The maximum absolute atomic E-state index is 12.4. The second-order valence-electron chi connectivity index (χ2n) is 5.15. The first-order valence-electron chi connectivity index (χ1n) is 6.53. The van der Waals surface area contributed by atoms with Crippen LogP contribution in [0.1, 0.15) is 13.3 Å². The number of rotatable bonds is 3. The number of hydrogen-bond acceptors (Lipinski definition) is 8. The molecule has 0 spiro atoms. The van der Waals surface area contributed by atoms with Crippen LogP contribution in [0.2, 0.25) is 0 Å². The van der Waals surface area contributed by atoms with Gasteiger partial charge in [-0.3, -0.25) is 14.9 Å². The van der Waals surface area contributed by atoms with E-state index in [0.717, 1.165) is 16.3 Å². The summed E-state index contributed by atoms with van der Waals surface area (Å²) in [6.07, 6.45) is 0.343. The SMILES string of the molecule is CC1=NN([C@@H]2CCS(=O)(=O)C2)C(=O)[C@@H]1C(=O)Nc1nncs1. The highest BCUT2D eigenvalue weighted by Crippen LogP contribution is 2.26. The standard InChI is InChI=1S/C11H13N5O4S2/c1-6-8(9(17)13-11-14-12-5-21-11)10(18)16(15-6)7-2-3-22(19,20)4-7/h5,7-8H,2-4H2,1H3,(H,13,14,17)/t7-,8+/m1/s1. The van der Waals surface area contributed by atoms with Gasteiger partial charge in [-0.05, 0) is 13.3 Å². The molecule has 0 bridgehead atoms. The molecule has 1 N–H and O–H groups in total. The van der Waals surface area contributed by atoms with Gasteiger partial charge in [0, 0.05) is 0 Å². The summed E-state index contributed by atoms with van der Waals surface area (Å²) in [6.45, 7) is 1.58. The fourth-order valence-corrected chi connectivity index (χ4v) is 4.66. The minimum atomic E-state index is -3.13. The molecular formula is C11H13N5O4S2. The van der Waals surface area contributed by atoms with Gasteiger partial charge in [0.15, 0.2) is 15.8 Å².